The van der Waals surface area contributed by atoms with Crippen LogP contribution in [0.2, 0.25) is 0 Å². The van der Waals surface area contributed by atoms with Crippen molar-refractivity contribution in [2.75, 3.05) is 6.61 Å². The third kappa shape index (κ3) is 4.04. The standard InChI is InChI=1S/C13H20BrNO2.ClH/c1-4-8(3)12(15)9-6-10(14)13(16)11(7-9)17-5-2;/h6-8,12,16H,4-5,15H2,1-3H3;1H/t8?,12-;/m1./s1. The summed E-state index contributed by atoms with van der Waals surface area (Å²) in [5.74, 6) is 1.00. The van der Waals surface area contributed by atoms with Crippen molar-refractivity contribution in [3.8, 4) is 11.5 Å². The summed E-state index contributed by atoms with van der Waals surface area (Å²) in [6, 6.07) is 3.63. The summed E-state index contributed by atoms with van der Waals surface area (Å²) in [6.45, 7) is 6.63. The first-order valence-corrected chi connectivity index (χ1v) is 6.71. The fraction of sp³-hybridized carbons (Fsp3) is 0.538. The second-order valence-corrected chi connectivity index (χ2v) is 5.05. The summed E-state index contributed by atoms with van der Waals surface area (Å²) >= 11 is 3.32. The van der Waals surface area contributed by atoms with Gasteiger partial charge in [-0.1, -0.05) is 20.3 Å². The van der Waals surface area contributed by atoms with Crippen molar-refractivity contribution < 1.29 is 9.84 Å². The average Bonchev–Trinajstić information content (AvgIpc) is 2.33. The van der Waals surface area contributed by atoms with Gasteiger partial charge in [0.1, 0.15) is 0 Å². The smallest absolute Gasteiger partial charge is 0.172 e. The third-order valence-electron chi connectivity index (χ3n) is 2.99. The molecular formula is C13H21BrClNO2. The number of aromatic hydroxyl groups is 1. The van der Waals surface area contributed by atoms with Crippen LogP contribution < -0.4 is 10.5 Å². The highest BCUT2D eigenvalue weighted by molar-refractivity contribution is 9.10. The molecule has 0 aromatic heterocycles. The number of nitrogens with two attached hydrogens (primary N) is 1. The van der Waals surface area contributed by atoms with E-state index in [1.165, 1.54) is 0 Å². The number of phenolic OH excluding ortho intramolecular Hbond substituents is 1. The Balaban J connectivity index is 0.00000289. The van der Waals surface area contributed by atoms with Crippen LogP contribution in [0.1, 0.15) is 38.8 Å². The second kappa shape index (κ2) is 7.87. The van der Waals surface area contributed by atoms with Gasteiger partial charge in [0, 0.05) is 6.04 Å². The topological polar surface area (TPSA) is 55.5 Å². The molecule has 0 saturated heterocycles. The number of benzene rings is 1. The van der Waals surface area contributed by atoms with Crippen molar-refractivity contribution in [3.05, 3.63) is 22.2 Å². The Morgan fingerprint density at radius 2 is 2.00 bits per heavy atom. The lowest BCUT2D eigenvalue weighted by Gasteiger charge is -2.20. The maximum absolute atomic E-state index is 9.82. The van der Waals surface area contributed by atoms with Gasteiger partial charge in [-0.2, -0.15) is 0 Å². The van der Waals surface area contributed by atoms with Gasteiger partial charge in [0.05, 0.1) is 11.1 Å². The number of hydrogen-bond acceptors (Lipinski definition) is 3. The second-order valence-electron chi connectivity index (χ2n) is 4.19. The van der Waals surface area contributed by atoms with E-state index < -0.39 is 0 Å². The largest absolute Gasteiger partial charge is 0.503 e. The van der Waals surface area contributed by atoms with Gasteiger partial charge in [-0.3, -0.25) is 0 Å². The lowest BCUT2D eigenvalue weighted by Crippen LogP contribution is -2.18. The van der Waals surface area contributed by atoms with Gasteiger partial charge < -0.3 is 15.6 Å². The maximum Gasteiger partial charge on any atom is 0.172 e. The molecule has 0 spiro atoms. The van der Waals surface area contributed by atoms with Gasteiger partial charge in [-0.25, -0.2) is 0 Å². The molecule has 0 heterocycles. The molecule has 0 bridgehead atoms. The van der Waals surface area contributed by atoms with Gasteiger partial charge in [0.15, 0.2) is 11.5 Å². The van der Waals surface area contributed by atoms with E-state index in [2.05, 4.69) is 29.8 Å². The molecule has 1 unspecified atom stereocenters. The Bertz CT molecular complexity index is 387. The average molecular weight is 339 g/mol. The summed E-state index contributed by atoms with van der Waals surface area (Å²) < 4.78 is 6.01. The highest BCUT2D eigenvalue weighted by Gasteiger charge is 2.17. The van der Waals surface area contributed by atoms with Crippen LogP contribution in [0.15, 0.2) is 16.6 Å². The highest BCUT2D eigenvalue weighted by atomic mass is 79.9. The van der Waals surface area contributed by atoms with Crippen LogP contribution in [0.25, 0.3) is 0 Å². The van der Waals surface area contributed by atoms with Crippen molar-refractivity contribution in [1.29, 1.82) is 0 Å². The van der Waals surface area contributed by atoms with Gasteiger partial charge in [-0.05, 0) is 46.5 Å². The van der Waals surface area contributed by atoms with Crippen LogP contribution >= 0.6 is 28.3 Å². The minimum absolute atomic E-state index is 0. The van der Waals surface area contributed by atoms with Crippen molar-refractivity contribution in [1.82, 2.24) is 0 Å². The molecule has 0 amide bonds. The molecule has 0 aliphatic heterocycles. The molecule has 1 aromatic rings. The fourth-order valence-electron chi connectivity index (χ4n) is 1.63. The lowest BCUT2D eigenvalue weighted by atomic mass is 9.93. The monoisotopic (exact) mass is 337 g/mol. The summed E-state index contributed by atoms with van der Waals surface area (Å²) in [5, 5.41) is 9.82. The van der Waals surface area contributed by atoms with E-state index in [0.29, 0.717) is 22.7 Å². The van der Waals surface area contributed by atoms with Crippen molar-refractivity contribution in [2.45, 2.75) is 33.2 Å². The minimum Gasteiger partial charge on any atom is -0.503 e. The van der Waals surface area contributed by atoms with Gasteiger partial charge in [-0.15, -0.1) is 12.4 Å². The van der Waals surface area contributed by atoms with Crippen molar-refractivity contribution >= 4 is 28.3 Å². The molecule has 2 atom stereocenters. The maximum atomic E-state index is 9.82. The van der Waals surface area contributed by atoms with Crippen molar-refractivity contribution in [2.24, 2.45) is 11.7 Å². The minimum atomic E-state index is -0.0453. The highest BCUT2D eigenvalue weighted by Crippen LogP contribution is 2.38. The number of rotatable bonds is 5. The van der Waals surface area contributed by atoms with Crippen LogP contribution in [-0.4, -0.2) is 11.7 Å². The predicted octanol–water partition coefficient (Wildman–Crippen LogP) is 4.02. The van der Waals surface area contributed by atoms with Gasteiger partial charge >= 0.3 is 0 Å². The Morgan fingerprint density at radius 1 is 1.39 bits per heavy atom. The summed E-state index contributed by atoms with van der Waals surface area (Å²) in [7, 11) is 0. The zero-order valence-corrected chi connectivity index (χ0v) is 13.3. The molecule has 0 radical (unpaired) electrons. The molecule has 0 fully saturated rings. The zero-order chi connectivity index (χ0) is 13.0. The molecule has 18 heavy (non-hydrogen) atoms. The van der Waals surface area contributed by atoms with E-state index in [-0.39, 0.29) is 24.2 Å². The Morgan fingerprint density at radius 3 is 2.50 bits per heavy atom. The van der Waals surface area contributed by atoms with E-state index >= 15 is 0 Å². The molecule has 1 aromatic carbocycles. The van der Waals surface area contributed by atoms with Crippen LogP contribution in [0.3, 0.4) is 0 Å². The zero-order valence-electron chi connectivity index (χ0n) is 10.9. The lowest BCUT2D eigenvalue weighted by molar-refractivity contribution is 0.316. The van der Waals surface area contributed by atoms with Crippen LogP contribution in [-0.2, 0) is 0 Å². The van der Waals surface area contributed by atoms with Gasteiger partial charge in [0.25, 0.3) is 0 Å². The Hall–Kier alpha value is -0.450. The molecule has 0 aliphatic rings. The number of ether oxygens (including phenoxy) is 1. The Labute approximate surface area is 123 Å². The Kier molecular flexibility index (Phi) is 7.67. The van der Waals surface area contributed by atoms with E-state index in [0.717, 1.165) is 12.0 Å². The summed E-state index contributed by atoms with van der Waals surface area (Å²) in [6.07, 6.45) is 1.02. The normalized spacial score (nSPS) is 13.6. The first-order valence-electron chi connectivity index (χ1n) is 5.92. The molecule has 3 N–H and O–H groups in total. The molecular weight excluding hydrogens is 318 g/mol. The first kappa shape index (κ1) is 17.6. The summed E-state index contributed by atoms with van der Waals surface area (Å²) in [5.41, 5.74) is 7.15. The molecule has 104 valence electrons. The van der Waals surface area contributed by atoms with E-state index in [1.54, 1.807) is 0 Å². The number of hydrogen-bond donors (Lipinski definition) is 2. The number of halogens is 2. The van der Waals surface area contributed by atoms with Crippen LogP contribution in [0.5, 0.6) is 11.5 Å². The molecule has 5 heteroatoms. The predicted molar refractivity (Wildman–Crippen MR) is 80.6 cm³/mol. The third-order valence-corrected chi connectivity index (χ3v) is 3.60. The quantitative estimate of drug-likeness (QED) is 0.852. The first-order chi connectivity index (χ1) is 8.01. The number of phenols is 1. The van der Waals surface area contributed by atoms with Crippen LogP contribution in [0.4, 0.5) is 0 Å². The SMILES string of the molecule is CCOc1cc([C@H](N)C(C)CC)cc(Br)c1O.Cl. The molecule has 0 aliphatic carbocycles. The molecule has 3 nitrogen and oxygen atoms in total. The summed E-state index contributed by atoms with van der Waals surface area (Å²) in [4.78, 5) is 0. The van der Waals surface area contributed by atoms with E-state index in [9.17, 15) is 5.11 Å². The van der Waals surface area contributed by atoms with E-state index in [1.807, 2.05) is 19.1 Å². The van der Waals surface area contributed by atoms with Crippen LogP contribution in [0, 0.1) is 5.92 Å². The molecule has 1 rings (SSSR count). The molecule has 0 saturated carbocycles. The van der Waals surface area contributed by atoms with Crippen molar-refractivity contribution in [3.63, 3.8) is 0 Å². The van der Waals surface area contributed by atoms with E-state index in [4.69, 9.17) is 10.5 Å². The fourth-order valence-corrected chi connectivity index (χ4v) is 2.09. The van der Waals surface area contributed by atoms with Gasteiger partial charge in [0.2, 0.25) is 0 Å².